The molecule has 1 amide bonds. The molecule has 0 aliphatic carbocycles. The van der Waals surface area contributed by atoms with Gasteiger partial charge in [0.1, 0.15) is 18.5 Å². The Kier molecular flexibility index (Phi) is 5.35. The molecule has 0 bridgehead atoms. The molecule has 0 aromatic heterocycles. The zero-order valence-corrected chi connectivity index (χ0v) is 17.4. The zero-order valence-electron chi connectivity index (χ0n) is 17.4. The van der Waals surface area contributed by atoms with E-state index in [4.69, 9.17) is 9.47 Å². The molecule has 1 N–H and O–H groups in total. The second-order valence-corrected chi connectivity index (χ2v) is 7.98. The van der Waals surface area contributed by atoms with Gasteiger partial charge < -0.3 is 19.7 Å². The molecule has 2 aliphatic heterocycles. The smallest absolute Gasteiger partial charge is 0.257 e. The Hall–Kier alpha value is -3.31. The van der Waals surface area contributed by atoms with Crippen molar-refractivity contribution in [1.29, 1.82) is 0 Å². The van der Waals surface area contributed by atoms with Gasteiger partial charge in [-0.25, -0.2) is 0 Å². The van der Waals surface area contributed by atoms with Crippen molar-refractivity contribution in [3.05, 3.63) is 84.4 Å². The van der Waals surface area contributed by atoms with E-state index in [2.05, 4.69) is 30.1 Å². The number of rotatable bonds is 6. The van der Waals surface area contributed by atoms with E-state index in [9.17, 15) is 4.79 Å². The fraction of sp³-hybridized carbons (Fsp3) is 0.269. The molecule has 2 unspecified atom stereocenters. The molecule has 0 radical (unpaired) electrons. The highest BCUT2D eigenvalue weighted by molar-refractivity contribution is 6.02. The fourth-order valence-electron chi connectivity index (χ4n) is 4.55. The van der Waals surface area contributed by atoms with Gasteiger partial charge in [0.2, 0.25) is 0 Å². The molecule has 5 heteroatoms. The molecule has 2 atom stereocenters. The van der Waals surface area contributed by atoms with Gasteiger partial charge in [-0.1, -0.05) is 55.1 Å². The van der Waals surface area contributed by atoms with Crippen LogP contribution in [0.1, 0.15) is 34.9 Å². The summed E-state index contributed by atoms with van der Waals surface area (Å²) in [5.74, 6) is 0.762. The maximum absolute atomic E-state index is 13.6. The molecular weight excluding hydrogens is 388 g/mol. The Balaban J connectivity index is 1.66. The van der Waals surface area contributed by atoms with E-state index in [0.29, 0.717) is 18.7 Å². The molecule has 3 aromatic carbocycles. The predicted octanol–water partition coefficient (Wildman–Crippen LogP) is 5.15. The van der Waals surface area contributed by atoms with E-state index < -0.39 is 0 Å². The minimum absolute atomic E-state index is 0.0115. The summed E-state index contributed by atoms with van der Waals surface area (Å²) in [6.45, 7) is 5.47. The summed E-state index contributed by atoms with van der Waals surface area (Å²) in [6, 6.07) is 19.9. The molecule has 2 aliphatic rings. The first-order valence-electron chi connectivity index (χ1n) is 10.8. The topological polar surface area (TPSA) is 50.8 Å². The van der Waals surface area contributed by atoms with Crippen LogP contribution in [0.4, 0.5) is 5.69 Å². The summed E-state index contributed by atoms with van der Waals surface area (Å²) in [7, 11) is 0. The van der Waals surface area contributed by atoms with Crippen LogP contribution in [0.3, 0.4) is 0 Å². The van der Waals surface area contributed by atoms with Crippen molar-refractivity contribution in [2.45, 2.75) is 25.1 Å². The summed E-state index contributed by atoms with van der Waals surface area (Å²) in [5, 5.41) is 5.79. The third-order valence-electron chi connectivity index (χ3n) is 6.01. The number of nitrogens with one attached hydrogen (secondary N) is 1. The quantitative estimate of drug-likeness (QED) is 0.567. The average Bonchev–Trinajstić information content (AvgIpc) is 3.32. The summed E-state index contributed by atoms with van der Waals surface area (Å²) in [5.41, 5.74) is 2.48. The van der Waals surface area contributed by atoms with Crippen molar-refractivity contribution in [2.24, 2.45) is 0 Å². The lowest BCUT2D eigenvalue weighted by Crippen LogP contribution is -2.46. The van der Waals surface area contributed by atoms with Crippen LogP contribution < -0.4 is 10.1 Å². The van der Waals surface area contributed by atoms with Crippen LogP contribution in [-0.4, -0.2) is 36.7 Å². The van der Waals surface area contributed by atoms with Crippen LogP contribution in [0.25, 0.3) is 10.8 Å². The first kappa shape index (κ1) is 19.6. The second kappa shape index (κ2) is 8.44. The molecule has 0 saturated carbocycles. The van der Waals surface area contributed by atoms with Crippen molar-refractivity contribution in [1.82, 2.24) is 4.90 Å². The van der Waals surface area contributed by atoms with Gasteiger partial charge >= 0.3 is 0 Å². The van der Waals surface area contributed by atoms with Gasteiger partial charge in [0.05, 0.1) is 11.7 Å². The largest absolute Gasteiger partial charge is 0.489 e. The molecule has 2 heterocycles. The number of para-hydroxylation sites is 1. The van der Waals surface area contributed by atoms with E-state index >= 15 is 0 Å². The maximum Gasteiger partial charge on any atom is 0.257 e. The standard InChI is InChI=1S/C26H26N2O3/c1-2-15-31-23-14-13-18-8-3-4-10-20(18)24(23)25-27-22-12-6-5-11-21(22)26(29)28(25)17-19-9-7-16-30-19/h2-6,8,10-14,19,25,27H,1,7,9,15-17H2. The van der Waals surface area contributed by atoms with Crippen molar-refractivity contribution >= 4 is 22.4 Å². The maximum atomic E-state index is 13.6. The number of fused-ring (bicyclic) bond motifs is 2. The summed E-state index contributed by atoms with van der Waals surface area (Å²) in [6.07, 6.45) is 3.41. The van der Waals surface area contributed by atoms with Crippen molar-refractivity contribution < 1.29 is 14.3 Å². The fourth-order valence-corrected chi connectivity index (χ4v) is 4.55. The Morgan fingerprint density at radius 1 is 1.13 bits per heavy atom. The number of nitrogens with zero attached hydrogens (tertiary/aromatic N) is 1. The van der Waals surface area contributed by atoms with Crippen LogP contribution in [0.15, 0.2) is 73.3 Å². The molecule has 158 valence electrons. The highest BCUT2D eigenvalue weighted by Crippen LogP contribution is 2.41. The number of anilines is 1. The van der Waals surface area contributed by atoms with Gasteiger partial charge in [0.25, 0.3) is 5.91 Å². The number of amides is 1. The SMILES string of the molecule is C=CCOc1ccc2ccccc2c1C1Nc2ccccc2C(=O)N1CC1CCCO1. The average molecular weight is 415 g/mol. The molecule has 1 saturated heterocycles. The minimum atomic E-state index is -0.363. The first-order valence-corrected chi connectivity index (χ1v) is 10.8. The molecule has 3 aromatic rings. The Bertz CT molecular complexity index is 1120. The van der Waals surface area contributed by atoms with Gasteiger partial charge in [-0.3, -0.25) is 4.79 Å². The molecule has 1 fully saturated rings. The molecule has 5 nitrogen and oxygen atoms in total. The third kappa shape index (κ3) is 3.66. The first-order chi connectivity index (χ1) is 15.3. The summed E-state index contributed by atoms with van der Waals surface area (Å²) < 4.78 is 12.0. The Morgan fingerprint density at radius 2 is 1.97 bits per heavy atom. The lowest BCUT2D eigenvalue weighted by Gasteiger charge is -2.40. The lowest BCUT2D eigenvalue weighted by atomic mass is 9.97. The van der Waals surface area contributed by atoms with E-state index in [1.807, 2.05) is 47.4 Å². The monoisotopic (exact) mass is 414 g/mol. The highest BCUT2D eigenvalue weighted by Gasteiger charge is 2.37. The van der Waals surface area contributed by atoms with Crippen LogP contribution >= 0.6 is 0 Å². The van der Waals surface area contributed by atoms with E-state index in [1.165, 1.54) is 0 Å². The third-order valence-corrected chi connectivity index (χ3v) is 6.01. The molecule has 31 heavy (non-hydrogen) atoms. The molecule has 0 spiro atoms. The van der Waals surface area contributed by atoms with Crippen LogP contribution in [-0.2, 0) is 4.74 Å². The predicted molar refractivity (Wildman–Crippen MR) is 122 cm³/mol. The van der Waals surface area contributed by atoms with Crippen molar-refractivity contribution in [2.75, 3.05) is 25.1 Å². The van der Waals surface area contributed by atoms with Gasteiger partial charge in [-0.05, 0) is 41.8 Å². The highest BCUT2D eigenvalue weighted by atomic mass is 16.5. The number of carbonyl (C=O) groups excluding carboxylic acids is 1. The number of hydrogen-bond donors (Lipinski definition) is 1. The van der Waals surface area contributed by atoms with E-state index in [0.717, 1.165) is 47.2 Å². The van der Waals surface area contributed by atoms with Crippen LogP contribution in [0.5, 0.6) is 5.75 Å². The summed E-state index contributed by atoms with van der Waals surface area (Å²) >= 11 is 0. The van der Waals surface area contributed by atoms with Crippen molar-refractivity contribution in [3.8, 4) is 5.75 Å². The van der Waals surface area contributed by atoms with Crippen LogP contribution in [0.2, 0.25) is 0 Å². The number of carbonyl (C=O) groups is 1. The lowest BCUT2D eigenvalue weighted by molar-refractivity contribution is 0.0426. The number of ether oxygens (including phenoxy) is 2. The summed E-state index contributed by atoms with van der Waals surface area (Å²) in [4.78, 5) is 15.5. The van der Waals surface area contributed by atoms with Crippen molar-refractivity contribution in [3.63, 3.8) is 0 Å². The van der Waals surface area contributed by atoms with E-state index in [-0.39, 0.29) is 18.2 Å². The second-order valence-electron chi connectivity index (χ2n) is 7.98. The van der Waals surface area contributed by atoms with Gasteiger partial charge in [0, 0.05) is 24.4 Å². The number of hydrogen-bond acceptors (Lipinski definition) is 4. The molecular formula is C26H26N2O3. The van der Waals surface area contributed by atoms with Gasteiger partial charge in [-0.15, -0.1) is 0 Å². The van der Waals surface area contributed by atoms with Gasteiger partial charge in [0.15, 0.2) is 0 Å². The molecule has 5 rings (SSSR count). The Labute approximate surface area is 182 Å². The van der Waals surface area contributed by atoms with Gasteiger partial charge in [-0.2, -0.15) is 0 Å². The normalized spacial score (nSPS) is 20.4. The number of benzene rings is 3. The van der Waals surface area contributed by atoms with Crippen LogP contribution in [0, 0.1) is 0 Å². The Morgan fingerprint density at radius 3 is 2.81 bits per heavy atom. The van der Waals surface area contributed by atoms with E-state index in [1.54, 1.807) is 6.08 Å². The minimum Gasteiger partial charge on any atom is -0.489 e. The zero-order chi connectivity index (χ0) is 21.2.